The van der Waals surface area contributed by atoms with Gasteiger partial charge in [0, 0.05) is 23.9 Å². The SMILES string of the molecule is CCNC(Cc1ccc(OC)nc1)c1cccc(F)c1F. The molecule has 3 nitrogen and oxygen atoms in total. The Bertz CT molecular complexity index is 587. The molecule has 112 valence electrons. The second-order valence-corrected chi connectivity index (χ2v) is 4.67. The molecule has 0 radical (unpaired) electrons. The van der Waals surface area contributed by atoms with Crippen molar-refractivity contribution in [1.82, 2.24) is 10.3 Å². The van der Waals surface area contributed by atoms with Crippen LogP contribution in [0.15, 0.2) is 36.5 Å². The predicted octanol–water partition coefficient (Wildman–Crippen LogP) is 3.26. The second kappa shape index (κ2) is 7.13. The van der Waals surface area contributed by atoms with Crippen molar-refractivity contribution in [2.45, 2.75) is 19.4 Å². The second-order valence-electron chi connectivity index (χ2n) is 4.67. The van der Waals surface area contributed by atoms with Crippen LogP contribution in [0, 0.1) is 11.6 Å². The van der Waals surface area contributed by atoms with Crippen molar-refractivity contribution in [3.05, 3.63) is 59.3 Å². The van der Waals surface area contributed by atoms with E-state index in [0.29, 0.717) is 24.4 Å². The van der Waals surface area contributed by atoms with Crippen LogP contribution >= 0.6 is 0 Å². The summed E-state index contributed by atoms with van der Waals surface area (Å²) in [5.74, 6) is -1.11. The van der Waals surface area contributed by atoms with Gasteiger partial charge in [-0.1, -0.05) is 25.1 Å². The van der Waals surface area contributed by atoms with Gasteiger partial charge in [-0.05, 0) is 24.6 Å². The highest BCUT2D eigenvalue weighted by molar-refractivity contribution is 5.26. The van der Waals surface area contributed by atoms with Crippen LogP contribution in [0.1, 0.15) is 24.1 Å². The Balaban J connectivity index is 2.24. The van der Waals surface area contributed by atoms with Gasteiger partial charge in [-0.2, -0.15) is 0 Å². The molecule has 1 heterocycles. The highest BCUT2D eigenvalue weighted by Crippen LogP contribution is 2.23. The van der Waals surface area contributed by atoms with Crippen molar-refractivity contribution in [2.75, 3.05) is 13.7 Å². The normalized spacial score (nSPS) is 12.2. The first-order valence-electron chi connectivity index (χ1n) is 6.82. The van der Waals surface area contributed by atoms with Gasteiger partial charge < -0.3 is 10.1 Å². The number of nitrogens with zero attached hydrogens (tertiary/aromatic N) is 1. The molecule has 2 rings (SSSR count). The fourth-order valence-corrected chi connectivity index (χ4v) is 2.22. The molecule has 2 aromatic rings. The average Bonchev–Trinajstić information content (AvgIpc) is 2.50. The fourth-order valence-electron chi connectivity index (χ4n) is 2.22. The van der Waals surface area contributed by atoms with Crippen molar-refractivity contribution in [3.8, 4) is 5.88 Å². The van der Waals surface area contributed by atoms with Crippen LogP contribution in [0.4, 0.5) is 8.78 Å². The average molecular weight is 292 g/mol. The minimum Gasteiger partial charge on any atom is -0.481 e. The van der Waals surface area contributed by atoms with Gasteiger partial charge in [0.05, 0.1) is 7.11 Å². The number of rotatable bonds is 6. The third-order valence-electron chi connectivity index (χ3n) is 3.25. The zero-order chi connectivity index (χ0) is 15.2. The molecule has 1 N–H and O–H groups in total. The smallest absolute Gasteiger partial charge is 0.212 e. The molecule has 0 saturated heterocycles. The summed E-state index contributed by atoms with van der Waals surface area (Å²) in [5, 5.41) is 3.18. The Hall–Kier alpha value is -2.01. The number of aromatic nitrogens is 1. The Labute approximate surface area is 123 Å². The lowest BCUT2D eigenvalue weighted by atomic mass is 9.99. The van der Waals surface area contributed by atoms with Crippen LogP contribution in [0.25, 0.3) is 0 Å². The zero-order valence-electron chi connectivity index (χ0n) is 12.1. The van der Waals surface area contributed by atoms with E-state index in [1.165, 1.54) is 6.07 Å². The van der Waals surface area contributed by atoms with Gasteiger partial charge in [0.15, 0.2) is 11.6 Å². The lowest BCUT2D eigenvalue weighted by Crippen LogP contribution is -2.24. The number of hydrogen-bond acceptors (Lipinski definition) is 3. The Morgan fingerprint density at radius 1 is 1.24 bits per heavy atom. The topological polar surface area (TPSA) is 34.1 Å². The fraction of sp³-hybridized carbons (Fsp3) is 0.312. The van der Waals surface area contributed by atoms with E-state index in [1.807, 2.05) is 13.0 Å². The summed E-state index contributed by atoms with van der Waals surface area (Å²) in [6, 6.07) is 7.55. The molecule has 0 fully saturated rings. The Kier molecular flexibility index (Phi) is 5.22. The highest BCUT2D eigenvalue weighted by atomic mass is 19.2. The van der Waals surface area contributed by atoms with Crippen LogP contribution in [0.2, 0.25) is 0 Å². The van der Waals surface area contributed by atoms with Crippen LogP contribution in [-0.2, 0) is 6.42 Å². The van der Waals surface area contributed by atoms with Crippen LogP contribution in [0.3, 0.4) is 0 Å². The number of nitrogens with one attached hydrogen (secondary N) is 1. The van der Waals surface area contributed by atoms with Crippen molar-refractivity contribution in [1.29, 1.82) is 0 Å². The maximum absolute atomic E-state index is 13.9. The van der Waals surface area contributed by atoms with Gasteiger partial charge in [-0.15, -0.1) is 0 Å². The maximum atomic E-state index is 13.9. The lowest BCUT2D eigenvalue weighted by Gasteiger charge is -2.19. The molecule has 1 unspecified atom stereocenters. The van der Waals surface area contributed by atoms with Gasteiger partial charge in [0.1, 0.15) is 0 Å². The predicted molar refractivity (Wildman–Crippen MR) is 77.3 cm³/mol. The van der Waals surface area contributed by atoms with Crippen molar-refractivity contribution in [2.24, 2.45) is 0 Å². The maximum Gasteiger partial charge on any atom is 0.212 e. The van der Waals surface area contributed by atoms with Crippen LogP contribution in [-0.4, -0.2) is 18.6 Å². The molecule has 1 aromatic carbocycles. The first-order valence-corrected chi connectivity index (χ1v) is 6.82. The van der Waals surface area contributed by atoms with Crippen LogP contribution in [0.5, 0.6) is 5.88 Å². The molecular weight excluding hydrogens is 274 g/mol. The van der Waals surface area contributed by atoms with E-state index < -0.39 is 11.6 Å². The zero-order valence-corrected chi connectivity index (χ0v) is 12.1. The van der Waals surface area contributed by atoms with Crippen molar-refractivity contribution < 1.29 is 13.5 Å². The number of ether oxygens (including phenoxy) is 1. The molecule has 0 amide bonds. The molecular formula is C16H18F2N2O. The summed E-state index contributed by atoms with van der Waals surface area (Å²) < 4.78 is 32.3. The molecule has 0 aliphatic heterocycles. The summed E-state index contributed by atoms with van der Waals surface area (Å²) in [4.78, 5) is 4.13. The first kappa shape index (κ1) is 15.4. The third-order valence-corrected chi connectivity index (χ3v) is 3.25. The summed E-state index contributed by atoms with van der Waals surface area (Å²) in [5.41, 5.74) is 1.25. The molecule has 21 heavy (non-hydrogen) atoms. The van der Waals surface area contributed by atoms with Gasteiger partial charge in [-0.25, -0.2) is 13.8 Å². The van der Waals surface area contributed by atoms with E-state index in [0.717, 1.165) is 11.6 Å². The van der Waals surface area contributed by atoms with E-state index in [4.69, 9.17) is 4.74 Å². The summed E-state index contributed by atoms with van der Waals surface area (Å²) in [6.07, 6.45) is 2.20. The van der Waals surface area contributed by atoms with E-state index in [-0.39, 0.29) is 6.04 Å². The van der Waals surface area contributed by atoms with E-state index in [2.05, 4.69) is 10.3 Å². The number of halogens is 2. The third kappa shape index (κ3) is 3.76. The number of benzene rings is 1. The van der Waals surface area contributed by atoms with Crippen molar-refractivity contribution in [3.63, 3.8) is 0 Å². The van der Waals surface area contributed by atoms with Gasteiger partial charge >= 0.3 is 0 Å². The standard InChI is InChI=1S/C16H18F2N2O/c1-3-19-14(12-5-4-6-13(17)16(12)18)9-11-7-8-15(21-2)20-10-11/h4-8,10,14,19H,3,9H2,1-2H3. The summed E-state index contributed by atoms with van der Waals surface area (Å²) in [7, 11) is 1.55. The van der Waals surface area contributed by atoms with Crippen LogP contribution < -0.4 is 10.1 Å². The molecule has 0 aliphatic carbocycles. The molecule has 0 aliphatic rings. The molecule has 0 saturated carbocycles. The van der Waals surface area contributed by atoms with Gasteiger partial charge in [0.2, 0.25) is 5.88 Å². The largest absolute Gasteiger partial charge is 0.481 e. The monoisotopic (exact) mass is 292 g/mol. The van der Waals surface area contributed by atoms with E-state index >= 15 is 0 Å². The molecule has 0 bridgehead atoms. The Morgan fingerprint density at radius 2 is 2.05 bits per heavy atom. The summed E-state index contributed by atoms with van der Waals surface area (Å²) >= 11 is 0. The number of pyridine rings is 1. The van der Waals surface area contributed by atoms with Gasteiger partial charge in [-0.3, -0.25) is 0 Å². The molecule has 1 atom stereocenters. The Morgan fingerprint density at radius 3 is 2.67 bits per heavy atom. The van der Waals surface area contributed by atoms with E-state index in [9.17, 15) is 8.78 Å². The first-order chi connectivity index (χ1) is 10.2. The summed E-state index contributed by atoms with van der Waals surface area (Å²) in [6.45, 7) is 2.58. The lowest BCUT2D eigenvalue weighted by molar-refractivity contribution is 0.397. The number of likely N-dealkylation sites (N-methyl/N-ethyl adjacent to an activating group) is 1. The molecule has 1 aromatic heterocycles. The minimum absolute atomic E-state index is 0.305. The molecule has 5 heteroatoms. The van der Waals surface area contributed by atoms with Crippen molar-refractivity contribution >= 4 is 0 Å². The minimum atomic E-state index is -0.830. The van der Waals surface area contributed by atoms with Gasteiger partial charge in [0.25, 0.3) is 0 Å². The molecule has 0 spiro atoms. The quantitative estimate of drug-likeness (QED) is 0.887. The number of hydrogen-bond donors (Lipinski definition) is 1. The highest BCUT2D eigenvalue weighted by Gasteiger charge is 2.18. The number of methoxy groups -OCH3 is 1. The van der Waals surface area contributed by atoms with E-state index in [1.54, 1.807) is 25.4 Å².